The van der Waals surface area contributed by atoms with Crippen LogP contribution < -0.4 is 10.9 Å². The second-order valence-electron chi connectivity index (χ2n) is 5.59. The van der Waals surface area contributed by atoms with Crippen molar-refractivity contribution in [3.8, 4) is 0 Å². The topological polar surface area (TPSA) is 95.1 Å². The zero-order chi connectivity index (χ0) is 14.8. The number of aliphatic hydroxyl groups is 1. The normalized spacial score (nSPS) is 17.8. The Labute approximate surface area is 117 Å². The number of aryl methyl sites for hydroxylation is 2. The van der Waals surface area contributed by atoms with E-state index in [-0.39, 0.29) is 12.2 Å². The lowest BCUT2D eigenvalue weighted by molar-refractivity contribution is 0.00519. The molecule has 0 aliphatic heterocycles. The van der Waals surface area contributed by atoms with Crippen molar-refractivity contribution in [2.75, 3.05) is 6.54 Å². The summed E-state index contributed by atoms with van der Waals surface area (Å²) in [5.41, 5.74) is -0.224. The van der Waals surface area contributed by atoms with Gasteiger partial charge >= 0.3 is 0 Å². The highest BCUT2D eigenvalue weighted by Crippen LogP contribution is 2.27. The fourth-order valence-electron chi connectivity index (χ4n) is 2.49. The molecular formula is C14H21N3O3. The fourth-order valence-corrected chi connectivity index (χ4v) is 2.49. The van der Waals surface area contributed by atoms with Gasteiger partial charge in [-0.1, -0.05) is 19.3 Å². The van der Waals surface area contributed by atoms with Crippen LogP contribution in [-0.2, 0) is 0 Å². The first-order chi connectivity index (χ1) is 9.41. The van der Waals surface area contributed by atoms with Crippen molar-refractivity contribution < 1.29 is 9.90 Å². The number of aromatic amines is 1. The van der Waals surface area contributed by atoms with Crippen LogP contribution in [0.3, 0.4) is 0 Å². The minimum Gasteiger partial charge on any atom is -0.388 e. The van der Waals surface area contributed by atoms with Gasteiger partial charge in [-0.2, -0.15) is 0 Å². The lowest BCUT2D eigenvalue weighted by atomic mass is 9.85. The van der Waals surface area contributed by atoms with Crippen molar-refractivity contribution in [1.29, 1.82) is 0 Å². The van der Waals surface area contributed by atoms with Gasteiger partial charge in [0.1, 0.15) is 0 Å². The molecule has 1 aromatic rings. The Hall–Kier alpha value is -1.69. The standard InChI is InChI=1S/C14H21N3O3/c1-9-10(2)17-13(19)11(16-9)12(18)15-8-14(20)6-4-3-5-7-14/h20H,3-8H2,1-2H3,(H,15,18)(H,17,19). The highest BCUT2D eigenvalue weighted by Gasteiger charge is 2.30. The Morgan fingerprint density at radius 2 is 2.00 bits per heavy atom. The minimum absolute atomic E-state index is 0.146. The highest BCUT2D eigenvalue weighted by atomic mass is 16.3. The SMILES string of the molecule is Cc1nc(C(=O)NCC2(O)CCCCC2)c(=O)[nH]c1C. The first-order valence-electron chi connectivity index (χ1n) is 6.99. The first kappa shape index (κ1) is 14.7. The molecule has 0 bridgehead atoms. The third-order valence-electron chi connectivity index (χ3n) is 3.92. The summed E-state index contributed by atoms with van der Waals surface area (Å²) in [5.74, 6) is -0.534. The minimum atomic E-state index is -0.847. The molecule has 6 heteroatoms. The molecule has 0 radical (unpaired) electrons. The van der Waals surface area contributed by atoms with E-state index in [1.165, 1.54) is 0 Å². The molecular weight excluding hydrogens is 258 g/mol. The number of amides is 1. The van der Waals surface area contributed by atoms with E-state index >= 15 is 0 Å². The predicted octanol–water partition coefficient (Wildman–Crippen LogP) is 0.812. The third-order valence-corrected chi connectivity index (χ3v) is 3.92. The fraction of sp³-hybridized carbons (Fsp3) is 0.643. The number of rotatable bonds is 3. The summed E-state index contributed by atoms with van der Waals surface area (Å²) in [7, 11) is 0. The van der Waals surface area contributed by atoms with Gasteiger partial charge in [0.25, 0.3) is 11.5 Å². The first-order valence-corrected chi connectivity index (χ1v) is 6.99. The van der Waals surface area contributed by atoms with Gasteiger partial charge in [-0.25, -0.2) is 4.98 Å². The molecule has 110 valence electrons. The number of carbonyl (C=O) groups excluding carboxylic acids is 1. The molecule has 0 saturated heterocycles. The van der Waals surface area contributed by atoms with Crippen LogP contribution in [0, 0.1) is 13.8 Å². The summed E-state index contributed by atoms with van der Waals surface area (Å²) in [6.07, 6.45) is 4.42. The summed E-state index contributed by atoms with van der Waals surface area (Å²) in [6, 6.07) is 0. The molecule has 2 rings (SSSR count). The Bertz CT molecular complexity index is 559. The summed E-state index contributed by atoms with van der Waals surface area (Å²) in [5, 5.41) is 12.9. The molecule has 1 aliphatic rings. The van der Waals surface area contributed by atoms with E-state index in [1.807, 2.05) is 0 Å². The van der Waals surface area contributed by atoms with E-state index in [0.717, 1.165) is 19.3 Å². The molecule has 1 amide bonds. The van der Waals surface area contributed by atoms with E-state index < -0.39 is 17.1 Å². The van der Waals surface area contributed by atoms with Crippen LogP contribution in [0.2, 0.25) is 0 Å². The van der Waals surface area contributed by atoms with Crippen LogP contribution in [0.5, 0.6) is 0 Å². The summed E-state index contributed by atoms with van der Waals surface area (Å²) in [4.78, 5) is 30.3. The van der Waals surface area contributed by atoms with Crippen molar-refractivity contribution in [2.45, 2.75) is 51.6 Å². The number of carbonyl (C=O) groups is 1. The maximum absolute atomic E-state index is 12.0. The Kier molecular flexibility index (Phi) is 4.23. The summed E-state index contributed by atoms with van der Waals surface area (Å²) >= 11 is 0. The van der Waals surface area contributed by atoms with Gasteiger partial charge in [0, 0.05) is 12.2 Å². The Balaban J connectivity index is 2.05. The number of nitrogens with zero attached hydrogens (tertiary/aromatic N) is 1. The van der Waals surface area contributed by atoms with Gasteiger partial charge in [0.05, 0.1) is 11.3 Å². The maximum atomic E-state index is 12.0. The average molecular weight is 279 g/mol. The summed E-state index contributed by atoms with van der Waals surface area (Å²) in [6.45, 7) is 3.63. The summed E-state index contributed by atoms with van der Waals surface area (Å²) < 4.78 is 0. The molecule has 0 aromatic carbocycles. The zero-order valence-electron chi connectivity index (χ0n) is 12.0. The number of hydrogen-bond donors (Lipinski definition) is 3. The van der Waals surface area contributed by atoms with Crippen LogP contribution in [0.1, 0.15) is 54.0 Å². The second kappa shape index (κ2) is 5.75. The molecule has 0 spiro atoms. The number of aromatic nitrogens is 2. The van der Waals surface area contributed by atoms with Gasteiger partial charge in [-0.15, -0.1) is 0 Å². The lowest BCUT2D eigenvalue weighted by Gasteiger charge is -2.31. The molecule has 1 fully saturated rings. The van der Waals surface area contributed by atoms with Crippen molar-refractivity contribution >= 4 is 5.91 Å². The molecule has 1 heterocycles. The molecule has 6 nitrogen and oxygen atoms in total. The quantitative estimate of drug-likeness (QED) is 0.763. The van der Waals surface area contributed by atoms with Crippen LogP contribution >= 0.6 is 0 Å². The average Bonchev–Trinajstić information content (AvgIpc) is 2.41. The zero-order valence-corrected chi connectivity index (χ0v) is 12.0. The molecule has 0 unspecified atom stereocenters. The Morgan fingerprint density at radius 1 is 1.35 bits per heavy atom. The van der Waals surface area contributed by atoms with Crippen LogP contribution in [-0.4, -0.2) is 33.1 Å². The van der Waals surface area contributed by atoms with Gasteiger partial charge in [-0.05, 0) is 26.7 Å². The van der Waals surface area contributed by atoms with E-state index in [4.69, 9.17) is 0 Å². The number of hydrogen-bond acceptors (Lipinski definition) is 4. The largest absolute Gasteiger partial charge is 0.388 e. The monoisotopic (exact) mass is 279 g/mol. The van der Waals surface area contributed by atoms with E-state index in [2.05, 4.69) is 15.3 Å². The number of H-pyrrole nitrogens is 1. The molecule has 1 aliphatic carbocycles. The number of nitrogens with one attached hydrogen (secondary N) is 2. The Morgan fingerprint density at radius 3 is 2.65 bits per heavy atom. The van der Waals surface area contributed by atoms with Crippen LogP contribution in [0.15, 0.2) is 4.79 Å². The van der Waals surface area contributed by atoms with Crippen molar-refractivity contribution in [3.05, 3.63) is 27.4 Å². The van der Waals surface area contributed by atoms with E-state index in [1.54, 1.807) is 13.8 Å². The smallest absolute Gasteiger partial charge is 0.279 e. The van der Waals surface area contributed by atoms with Crippen molar-refractivity contribution in [2.24, 2.45) is 0 Å². The van der Waals surface area contributed by atoms with Gasteiger partial charge in [0.2, 0.25) is 0 Å². The van der Waals surface area contributed by atoms with Crippen molar-refractivity contribution in [1.82, 2.24) is 15.3 Å². The van der Waals surface area contributed by atoms with Crippen LogP contribution in [0.4, 0.5) is 0 Å². The van der Waals surface area contributed by atoms with Crippen molar-refractivity contribution in [3.63, 3.8) is 0 Å². The molecule has 3 N–H and O–H groups in total. The predicted molar refractivity (Wildman–Crippen MR) is 74.7 cm³/mol. The highest BCUT2D eigenvalue weighted by molar-refractivity contribution is 5.91. The van der Waals surface area contributed by atoms with Gasteiger partial charge in [0.15, 0.2) is 5.69 Å². The molecule has 20 heavy (non-hydrogen) atoms. The van der Waals surface area contributed by atoms with Gasteiger partial charge in [-0.3, -0.25) is 9.59 Å². The van der Waals surface area contributed by atoms with Gasteiger partial charge < -0.3 is 15.4 Å². The second-order valence-corrected chi connectivity index (χ2v) is 5.59. The molecule has 1 aromatic heterocycles. The van der Waals surface area contributed by atoms with E-state index in [0.29, 0.717) is 24.2 Å². The maximum Gasteiger partial charge on any atom is 0.279 e. The van der Waals surface area contributed by atoms with Crippen LogP contribution in [0.25, 0.3) is 0 Å². The molecule has 1 saturated carbocycles. The molecule has 0 atom stereocenters. The van der Waals surface area contributed by atoms with E-state index in [9.17, 15) is 14.7 Å². The lowest BCUT2D eigenvalue weighted by Crippen LogP contribution is -2.45. The third kappa shape index (κ3) is 3.25.